The third-order valence-electron chi connectivity index (χ3n) is 6.90. The molecule has 1 aliphatic carbocycles. The number of ether oxygens (including phenoxy) is 2. The molecular formula is C21H24N2O3. The molecule has 1 unspecified atom stereocenters. The number of piperidine rings is 1. The van der Waals surface area contributed by atoms with Gasteiger partial charge in [-0.1, -0.05) is 11.6 Å². The number of nitrogens with zero attached hydrogens (tertiary/aromatic N) is 1. The second kappa shape index (κ2) is 5.36. The molecule has 1 aromatic rings. The van der Waals surface area contributed by atoms with Crippen LogP contribution in [0.4, 0.5) is 5.69 Å². The lowest BCUT2D eigenvalue weighted by molar-refractivity contribution is -0.137. The summed E-state index contributed by atoms with van der Waals surface area (Å²) in [6.45, 7) is 4.07. The third kappa shape index (κ3) is 1.77. The van der Waals surface area contributed by atoms with Gasteiger partial charge in [0.15, 0.2) is 0 Å². The molecular weight excluding hydrogens is 328 g/mol. The summed E-state index contributed by atoms with van der Waals surface area (Å²) >= 11 is 0. The Hall–Kier alpha value is -2.27. The van der Waals surface area contributed by atoms with Crippen molar-refractivity contribution in [2.45, 2.75) is 31.2 Å². The number of anilines is 1. The zero-order chi connectivity index (χ0) is 18.1. The summed E-state index contributed by atoms with van der Waals surface area (Å²) in [6.07, 6.45) is 4.18. The van der Waals surface area contributed by atoms with Gasteiger partial charge in [0.25, 0.3) is 0 Å². The summed E-state index contributed by atoms with van der Waals surface area (Å²) in [5.74, 6) is 0.819. The van der Waals surface area contributed by atoms with E-state index in [4.69, 9.17) is 9.47 Å². The summed E-state index contributed by atoms with van der Waals surface area (Å²) in [5.41, 5.74) is 5.44. The van der Waals surface area contributed by atoms with Crippen LogP contribution in [0.25, 0.3) is 0 Å². The van der Waals surface area contributed by atoms with E-state index in [9.17, 15) is 4.79 Å². The summed E-state index contributed by atoms with van der Waals surface area (Å²) in [5, 5.41) is 3.61. The molecule has 0 saturated carbocycles. The number of fused-ring (bicyclic) bond motifs is 2. The van der Waals surface area contributed by atoms with Crippen LogP contribution in [0.15, 0.2) is 41.1 Å². The Morgan fingerprint density at radius 1 is 1.38 bits per heavy atom. The second-order valence-electron chi connectivity index (χ2n) is 7.68. The number of hydrogen-bond donors (Lipinski definition) is 1. The van der Waals surface area contributed by atoms with Crippen molar-refractivity contribution in [1.82, 2.24) is 4.90 Å². The Balaban J connectivity index is 1.80. The summed E-state index contributed by atoms with van der Waals surface area (Å²) in [7, 11) is 3.19. The molecule has 1 N–H and O–H groups in total. The monoisotopic (exact) mass is 352 g/mol. The van der Waals surface area contributed by atoms with E-state index in [0.717, 1.165) is 48.6 Å². The highest BCUT2D eigenvalue weighted by molar-refractivity contribution is 5.94. The van der Waals surface area contributed by atoms with Crippen LogP contribution in [0, 0.1) is 5.92 Å². The van der Waals surface area contributed by atoms with Crippen LogP contribution in [0.3, 0.4) is 0 Å². The van der Waals surface area contributed by atoms with Crippen LogP contribution < -0.4 is 10.1 Å². The molecule has 3 heterocycles. The number of carbonyl (C=O) groups is 1. The number of hydrogen-bond acceptors (Lipinski definition) is 5. The predicted molar refractivity (Wildman–Crippen MR) is 99.2 cm³/mol. The average molecular weight is 352 g/mol. The van der Waals surface area contributed by atoms with Crippen LogP contribution in [0.5, 0.6) is 5.75 Å². The average Bonchev–Trinajstić information content (AvgIpc) is 3.23. The fraction of sp³-hybridized carbons (Fsp3) is 0.476. The van der Waals surface area contributed by atoms with Gasteiger partial charge in [0.05, 0.1) is 25.2 Å². The van der Waals surface area contributed by atoms with Gasteiger partial charge in [-0.15, -0.1) is 0 Å². The molecule has 0 amide bonds. The van der Waals surface area contributed by atoms with E-state index >= 15 is 0 Å². The quantitative estimate of drug-likeness (QED) is 0.655. The van der Waals surface area contributed by atoms with Crippen molar-refractivity contribution >= 4 is 11.7 Å². The van der Waals surface area contributed by atoms with E-state index in [1.807, 2.05) is 6.07 Å². The highest BCUT2D eigenvalue weighted by Gasteiger charge is 2.62. The smallest absolute Gasteiger partial charge is 0.336 e. The van der Waals surface area contributed by atoms with Gasteiger partial charge in [-0.2, -0.15) is 0 Å². The van der Waals surface area contributed by atoms with E-state index in [2.05, 4.69) is 35.3 Å². The van der Waals surface area contributed by atoms with E-state index in [1.165, 1.54) is 18.2 Å². The fourth-order valence-corrected chi connectivity index (χ4v) is 5.76. The van der Waals surface area contributed by atoms with Gasteiger partial charge in [0.1, 0.15) is 5.75 Å². The summed E-state index contributed by atoms with van der Waals surface area (Å²) in [4.78, 5) is 15.4. The minimum absolute atomic E-state index is 0.150. The molecule has 3 aliphatic heterocycles. The van der Waals surface area contributed by atoms with Gasteiger partial charge in [-0.3, -0.25) is 4.90 Å². The fourth-order valence-electron chi connectivity index (χ4n) is 5.76. The Morgan fingerprint density at radius 2 is 2.23 bits per heavy atom. The number of esters is 1. The molecule has 5 heteroatoms. The first-order valence-electron chi connectivity index (χ1n) is 9.31. The van der Waals surface area contributed by atoms with Gasteiger partial charge in [0.2, 0.25) is 0 Å². The van der Waals surface area contributed by atoms with Crippen molar-refractivity contribution in [3.05, 3.63) is 46.7 Å². The molecule has 1 spiro atoms. The number of allylic oxidation sites excluding steroid dienone is 1. The highest BCUT2D eigenvalue weighted by Crippen LogP contribution is 2.61. The molecule has 26 heavy (non-hydrogen) atoms. The second-order valence-corrected chi connectivity index (χ2v) is 7.68. The maximum atomic E-state index is 12.8. The van der Waals surface area contributed by atoms with Crippen LogP contribution in [-0.4, -0.2) is 44.2 Å². The largest absolute Gasteiger partial charge is 0.497 e. The standard InChI is InChI=1S/C21H24N2O3/c1-4-12-11-23-8-7-21-15-9-13(25-2)5-6-16(15)22-19(21)18(20(24)26-3)14(12)10-17(21)23/h4-6,9,14,17,22H,7-8,10-11H2,1-3H3/b12-4-/t14?,17-,21+/m0/s1. The van der Waals surface area contributed by atoms with Crippen LogP contribution in [-0.2, 0) is 14.9 Å². The van der Waals surface area contributed by atoms with Crippen molar-refractivity contribution in [1.29, 1.82) is 0 Å². The third-order valence-corrected chi connectivity index (χ3v) is 6.90. The number of nitrogens with one attached hydrogen (secondary N) is 1. The van der Waals surface area contributed by atoms with Crippen molar-refractivity contribution < 1.29 is 14.3 Å². The van der Waals surface area contributed by atoms with Gasteiger partial charge in [0, 0.05) is 36.4 Å². The molecule has 2 fully saturated rings. The molecule has 0 aromatic heterocycles. The SMILES string of the molecule is C/C=C1/CN2CC[C@]34C(=C(C(=O)OC)C1C[C@H]23)Nc1ccc(OC)cc14. The Kier molecular flexibility index (Phi) is 3.29. The summed E-state index contributed by atoms with van der Waals surface area (Å²) < 4.78 is 10.7. The number of benzene rings is 1. The zero-order valence-corrected chi connectivity index (χ0v) is 15.5. The lowest BCUT2D eigenvalue weighted by Gasteiger charge is -2.48. The van der Waals surface area contributed by atoms with Gasteiger partial charge < -0.3 is 14.8 Å². The van der Waals surface area contributed by atoms with Crippen LogP contribution >= 0.6 is 0 Å². The Morgan fingerprint density at radius 3 is 2.96 bits per heavy atom. The first-order chi connectivity index (χ1) is 12.6. The maximum Gasteiger partial charge on any atom is 0.336 e. The van der Waals surface area contributed by atoms with E-state index in [0.29, 0.717) is 6.04 Å². The van der Waals surface area contributed by atoms with Crippen LogP contribution in [0.1, 0.15) is 25.3 Å². The maximum absolute atomic E-state index is 12.8. The Labute approximate surface area is 153 Å². The molecule has 3 atom stereocenters. The van der Waals surface area contributed by atoms with Crippen molar-refractivity contribution in [2.24, 2.45) is 5.92 Å². The van der Waals surface area contributed by atoms with E-state index < -0.39 is 0 Å². The van der Waals surface area contributed by atoms with E-state index in [1.54, 1.807) is 7.11 Å². The minimum Gasteiger partial charge on any atom is -0.497 e. The number of rotatable bonds is 2. The lowest BCUT2D eigenvalue weighted by Crippen LogP contribution is -2.53. The van der Waals surface area contributed by atoms with Crippen molar-refractivity contribution in [3.63, 3.8) is 0 Å². The molecule has 5 rings (SSSR count). The van der Waals surface area contributed by atoms with Crippen LogP contribution in [0.2, 0.25) is 0 Å². The molecule has 5 nitrogen and oxygen atoms in total. The highest BCUT2D eigenvalue weighted by atomic mass is 16.5. The van der Waals surface area contributed by atoms with Gasteiger partial charge >= 0.3 is 5.97 Å². The molecule has 2 saturated heterocycles. The Bertz CT molecular complexity index is 872. The molecule has 4 aliphatic rings. The minimum atomic E-state index is -0.199. The first kappa shape index (κ1) is 15.9. The lowest BCUT2D eigenvalue weighted by atomic mass is 9.62. The first-order valence-corrected chi connectivity index (χ1v) is 9.31. The summed E-state index contributed by atoms with van der Waals surface area (Å²) in [6, 6.07) is 6.63. The van der Waals surface area contributed by atoms with Crippen molar-refractivity contribution in [2.75, 3.05) is 32.6 Å². The van der Waals surface area contributed by atoms with Gasteiger partial charge in [-0.25, -0.2) is 4.79 Å². The van der Waals surface area contributed by atoms with E-state index in [-0.39, 0.29) is 17.3 Å². The number of methoxy groups -OCH3 is 2. The molecule has 1 aromatic carbocycles. The molecule has 2 bridgehead atoms. The predicted octanol–water partition coefficient (Wildman–Crippen LogP) is 2.84. The van der Waals surface area contributed by atoms with Crippen molar-refractivity contribution in [3.8, 4) is 5.75 Å². The normalized spacial score (nSPS) is 33.0. The molecule has 0 radical (unpaired) electrons. The molecule has 136 valence electrons. The van der Waals surface area contributed by atoms with Gasteiger partial charge in [-0.05, 0) is 43.5 Å². The zero-order valence-electron chi connectivity index (χ0n) is 15.5. The topological polar surface area (TPSA) is 50.8 Å². The number of carbonyl (C=O) groups excluding carboxylic acids is 1.